The van der Waals surface area contributed by atoms with Crippen molar-refractivity contribution < 1.29 is 9.53 Å². The summed E-state index contributed by atoms with van der Waals surface area (Å²) in [5, 5.41) is 4.88. The molecule has 5 nitrogen and oxygen atoms in total. The minimum atomic E-state index is -0.321. The molecule has 3 aromatic rings. The van der Waals surface area contributed by atoms with Crippen LogP contribution < -0.4 is 10.2 Å². The summed E-state index contributed by atoms with van der Waals surface area (Å²) in [7, 11) is 0. The molecule has 0 atom stereocenters. The maximum absolute atomic E-state index is 11.8. The molecule has 0 aliphatic rings. The zero-order valence-electron chi connectivity index (χ0n) is 12.8. The first-order valence-electron chi connectivity index (χ1n) is 7.19. The number of hydrazone groups is 1. The zero-order chi connectivity index (χ0) is 16.9. The Morgan fingerprint density at radius 2 is 2.00 bits per heavy atom. The van der Waals surface area contributed by atoms with Gasteiger partial charge in [-0.1, -0.05) is 28.1 Å². The Labute approximate surface area is 151 Å². The standard InChI is InChI=1S/C17H14BrN3O2S/c1-11(17-19-14-4-2-3-5-15(14)24-17)20-21-16(22)10-23-13-8-6-12(18)7-9-13/h2-9H,10H2,1H3,(H,21,22)/b20-11-. The number of nitrogens with one attached hydrogen (secondary N) is 1. The zero-order valence-corrected chi connectivity index (χ0v) is 15.2. The van der Waals surface area contributed by atoms with E-state index in [0.717, 1.165) is 19.7 Å². The number of amides is 1. The molecule has 2 aromatic carbocycles. The van der Waals surface area contributed by atoms with Crippen molar-refractivity contribution in [2.24, 2.45) is 5.10 Å². The van der Waals surface area contributed by atoms with Crippen LogP contribution in [0.4, 0.5) is 0 Å². The van der Waals surface area contributed by atoms with Crippen LogP contribution in [0.2, 0.25) is 0 Å². The second-order valence-corrected chi connectivity index (χ2v) is 6.91. The number of halogens is 1. The van der Waals surface area contributed by atoms with Crippen molar-refractivity contribution in [2.75, 3.05) is 6.61 Å². The highest BCUT2D eigenvalue weighted by atomic mass is 79.9. The molecule has 0 aliphatic carbocycles. The fourth-order valence-electron chi connectivity index (χ4n) is 1.93. The van der Waals surface area contributed by atoms with E-state index in [-0.39, 0.29) is 12.5 Å². The molecule has 0 unspecified atom stereocenters. The van der Waals surface area contributed by atoms with Gasteiger partial charge in [0.15, 0.2) is 6.61 Å². The minimum absolute atomic E-state index is 0.0990. The molecule has 1 amide bonds. The van der Waals surface area contributed by atoms with Gasteiger partial charge in [-0.25, -0.2) is 10.4 Å². The summed E-state index contributed by atoms with van der Waals surface area (Å²) in [6.07, 6.45) is 0. The number of para-hydroxylation sites is 1. The lowest BCUT2D eigenvalue weighted by Gasteiger charge is -2.05. The molecular weight excluding hydrogens is 390 g/mol. The van der Waals surface area contributed by atoms with E-state index in [1.807, 2.05) is 43.3 Å². The highest BCUT2D eigenvalue weighted by molar-refractivity contribution is 9.10. The molecule has 0 radical (unpaired) electrons. The third-order valence-electron chi connectivity index (χ3n) is 3.14. The second-order valence-electron chi connectivity index (χ2n) is 4.96. The van der Waals surface area contributed by atoms with Gasteiger partial charge in [0.1, 0.15) is 10.8 Å². The lowest BCUT2D eigenvalue weighted by molar-refractivity contribution is -0.123. The molecule has 0 saturated carbocycles. The Kier molecular flexibility index (Phi) is 5.22. The van der Waals surface area contributed by atoms with Crippen molar-refractivity contribution in [3.8, 4) is 5.75 Å². The molecule has 0 aliphatic heterocycles. The molecule has 1 aromatic heterocycles. The van der Waals surface area contributed by atoms with Crippen LogP contribution in [0.3, 0.4) is 0 Å². The van der Waals surface area contributed by atoms with Gasteiger partial charge in [0.25, 0.3) is 5.91 Å². The third-order valence-corrected chi connectivity index (χ3v) is 4.81. The third kappa shape index (κ3) is 4.18. The molecule has 24 heavy (non-hydrogen) atoms. The summed E-state index contributed by atoms with van der Waals surface area (Å²) < 4.78 is 7.44. The van der Waals surface area contributed by atoms with Gasteiger partial charge in [0.2, 0.25) is 0 Å². The molecule has 0 bridgehead atoms. The summed E-state index contributed by atoms with van der Waals surface area (Å²) in [5.74, 6) is 0.304. The van der Waals surface area contributed by atoms with Crippen LogP contribution in [0.1, 0.15) is 11.9 Å². The van der Waals surface area contributed by atoms with Crippen LogP contribution >= 0.6 is 27.3 Å². The molecule has 7 heteroatoms. The fraction of sp³-hybridized carbons (Fsp3) is 0.118. The molecular formula is C17H14BrN3O2S. The van der Waals surface area contributed by atoms with Crippen LogP contribution in [0.5, 0.6) is 5.75 Å². The van der Waals surface area contributed by atoms with Gasteiger partial charge < -0.3 is 4.74 Å². The molecule has 1 heterocycles. The number of carbonyl (C=O) groups is 1. The average molecular weight is 404 g/mol. The fourth-order valence-corrected chi connectivity index (χ4v) is 3.11. The summed E-state index contributed by atoms with van der Waals surface area (Å²) in [6.45, 7) is 1.71. The Morgan fingerprint density at radius 3 is 2.75 bits per heavy atom. The van der Waals surface area contributed by atoms with Crippen molar-refractivity contribution in [3.05, 3.63) is 58.0 Å². The van der Waals surface area contributed by atoms with Crippen molar-refractivity contribution in [2.45, 2.75) is 6.92 Å². The number of carbonyl (C=O) groups excluding carboxylic acids is 1. The maximum Gasteiger partial charge on any atom is 0.277 e. The number of hydrogen-bond acceptors (Lipinski definition) is 5. The minimum Gasteiger partial charge on any atom is -0.484 e. The first kappa shape index (κ1) is 16.6. The van der Waals surface area contributed by atoms with E-state index in [1.165, 1.54) is 11.3 Å². The normalized spacial score (nSPS) is 11.5. The predicted octanol–water partition coefficient (Wildman–Crippen LogP) is 3.98. The van der Waals surface area contributed by atoms with Gasteiger partial charge in [0, 0.05) is 4.47 Å². The molecule has 0 fully saturated rings. The number of fused-ring (bicyclic) bond motifs is 1. The van der Waals surface area contributed by atoms with Crippen LogP contribution in [0, 0.1) is 0 Å². The van der Waals surface area contributed by atoms with Crippen LogP contribution in [0.25, 0.3) is 10.2 Å². The van der Waals surface area contributed by atoms with Crippen LogP contribution in [-0.4, -0.2) is 23.2 Å². The number of ether oxygens (including phenoxy) is 1. The van der Waals surface area contributed by atoms with E-state index in [1.54, 1.807) is 12.1 Å². The number of nitrogens with zero attached hydrogens (tertiary/aromatic N) is 2. The number of benzene rings is 2. The van der Waals surface area contributed by atoms with Gasteiger partial charge >= 0.3 is 0 Å². The predicted molar refractivity (Wildman–Crippen MR) is 99.6 cm³/mol. The van der Waals surface area contributed by atoms with Gasteiger partial charge in [-0.05, 0) is 43.3 Å². The molecule has 0 spiro atoms. The summed E-state index contributed by atoms with van der Waals surface area (Å²) >= 11 is 4.88. The Morgan fingerprint density at radius 1 is 1.25 bits per heavy atom. The highest BCUT2D eigenvalue weighted by Crippen LogP contribution is 2.21. The van der Waals surface area contributed by atoms with E-state index in [2.05, 4.69) is 31.4 Å². The lowest BCUT2D eigenvalue weighted by Crippen LogP contribution is -2.25. The molecule has 122 valence electrons. The summed E-state index contributed by atoms with van der Waals surface area (Å²) in [5.41, 5.74) is 4.08. The van der Waals surface area contributed by atoms with E-state index in [4.69, 9.17) is 4.74 Å². The smallest absolute Gasteiger partial charge is 0.277 e. The maximum atomic E-state index is 11.8. The van der Waals surface area contributed by atoms with Gasteiger partial charge in [-0.3, -0.25) is 4.79 Å². The number of aromatic nitrogens is 1. The monoisotopic (exact) mass is 403 g/mol. The van der Waals surface area contributed by atoms with Gasteiger partial charge in [-0.15, -0.1) is 11.3 Å². The number of thiazole rings is 1. The lowest BCUT2D eigenvalue weighted by atomic mass is 10.3. The topological polar surface area (TPSA) is 63.6 Å². The average Bonchev–Trinajstić information content (AvgIpc) is 3.03. The quantitative estimate of drug-likeness (QED) is 0.517. The van der Waals surface area contributed by atoms with E-state index in [0.29, 0.717) is 11.5 Å². The highest BCUT2D eigenvalue weighted by Gasteiger charge is 2.07. The van der Waals surface area contributed by atoms with Gasteiger partial charge in [0.05, 0.1) is 15.9 Å². The van der Waals surface area contributed by atoms with E-state index < -0.39 is 0 Å². The summed E-state index contributed by atoms with van der Waals surface area (Å²) in [6, 6.07) is 15.1. The van der Waals surface area contributed by atoms with Gasteiger partial charge in [-0.2, -0.15) is 5.10 Å². The van der Waals surface area contributed by atoms with Crippen LogP contribution in [-0.2, 0) is 4.79 Å². The number of hydrogen-bond donors (Lipinski definition) is 1. The first-order valence-corrected chi connectivity index (χ1v) is 8.80. The van der Waals surface area contributed by atoms with Crippen molar-refractivity contribution >= 4 is 49.1 Å². The SMILES string of the molecule is C/C(=N/NC(=O)COc1ccc(Br)cc1)c1nc2ccccc2s1. The van der Waals surface area contributed by atoms with Crippen molar-refractivity contribution in [1.29, 1.82) is 0 Å². The Hall–Kier alpha value is -2.25. The largest absolute Gasteiger partial charge is 0.484 e. The second kappa shape index (κ2) is 7.55. The Bertz CT molecular complexity index is 857. The number of rotatable bonds is 5. The van der Waals surface area contributed by atoms with Crippen molar-refractivity contribution in [1.82, 2.24) is 10.4 Å². The first-order chi connectivity index (χ1) is 11.6. The van der Waals surface area contributed by atoms with E-state index in [9.17, 15) is 4.79 Å². The molecule has 0 saturated heterocycles. The molecule has 3 rings (SSSR count). The van der Waals surface area contributed by atoms with Crippen molar-refractivity contribution in [3.63, 3.8) is 0 Å². The summed E-state index contributed by atoms with van der Waals surface area (Å²) in [4.78, 5) is 16.3. The Balaban J connectivity index is 1.57. The van der Waals surface area contributed by atoms with E-state index >= 15 is 0 Å². The molecule has 1 N–H and O–H groups in total. The van der Waals surface area contributed by atoms with Crippen LogP contribution in [0.15, 0.2) is 58.1 Å².